The Morgan fingerprint density at radius 3 is 2.75 bits per heavy atom. The molecule has 0 saturated carbocycles. The lowest BCUT2D eigenvalue weighted by Crippen LogP contribution is -2.39. The molecule has 90 valence electrons. The monoisotopic (exact) mass is 243 g/mol. The molecule has 0 aliphatic carbocycles. The van der Waals surface area contributed by atoms with E-state index in [1.54, 1.807) is 0 Å². The molecule has 0 aromatic heterocycles. The molecule has 2 N–H and O–H groups in total. The summed E-state index contributed by atoms with van der Waals surface area (Å²) < 4.78 is 15.7. The summed E-state index contributed by atoms with van der Waals surface area (Å²) in [4.78, 5) is 0. The van der Waals surface area contributed by atoms with Crippen molar-refractivity contribution in [2.75, 3.05) is 19.8 Å². The normalized spacial score (nSPS) is 32.8. The van der Waals surface area contributed by atoms with Gasteiger partial charge >= 0.3 is 0 Å². The molecule has 3 aliphatic rings. The van der Waals surface area contributed by atoms with E-state index in [4.69, 9.17) is 15.0 Å². The van der Waals surface area contributed by atoms with Crippen LogP contribution in [0.25, 0.3) is 0 Å². The first kappa shape index (κ1) is 10.5. The molecule has 2 unspecified atom stereocenters. The Kier molecular flexibility index (Phi) is 2.08. The van der Waals surface area contributed by atoms with Crippen molar-refractivity contribution in [3.05, 3.63) is 11.8 Å². The van der Waals surface area contributed by atoms with Crippen LogP contribution in [0, 0.1) is 5.41 Å². The van der Waals surface area contributed by atoms with Crippen molar-refractivity contribution < 1.29 is 9.47 Å². The average molecular weight is 243 g/mol. The molecule has 0 amide bonds. The van der Waals surface area contributed by atoms with Crippen LogP contribution >= 0.6 is 8.37 Å². The summed E-state index contributed by atoms with van der Waals surface area (Å²) in [5.74, 6) is 1.73. The van der Waals surface area contributed by atoms with Gasteiger partial charge in [0.05, 0.1) is 12.6 Å². The molecule has 3 aliphatic heterocycles. The topological polar surface area (TPSA) is 51.0 Å². The first-order chi connectivity index (χ1) is 7.50. The highest BCUT2D eigenvalue weighted by Gasteiger charge is 2.52. The van der Waals surface area contributed by atoms with Gasteiger partial charge in [-0.05, 0) is 5.41 Å². The number of hydrogen-bond donors (Lipinski definition) is 1. The van der Waals surface area contributed by atoms with E-state index < -0.39 is 8.37 Å². The van der Waals surface area contributed by atoms with Crippen LogP contribution in [0.3, 0.4) is 0 Å². The summed E-state index contributed by atoms with van der Waals surface area (Å²) in [7, 11) is -0.807. The van der Waals surface area contributed by atoms with Crippen molar-refractivity contribution in [1.29, 1.82) is 0 Å². The van der Waals surface area contributed by atoms with Crippen molar-refractivity contribution in [2.24, 2.45) is 10.9 Å². The van der Waals surface area contributed by atoms with Crippen molar-refractivity contribution in [1.82, 2.24) is 9.34 Å². The van der Waals surface area contributed by atoms with Gasteiger partial charge in [-0.1, -0.05) is 20.8 Å². The molecule has 0 bridgehead atoms. The van der Waals surface area contributed by atoms with Gasteiger partial charge in [-0.2, -0.15) is 0 Å². The summed E-state index contributed by atoms with van der Waals surface area (Å²) in [5.41, 5.74) is 6.48. The fourth-order valence-electron chi connectivity index (χ4n) is 2.34. The molecular formula is C10H18N3O2P. The van der Waals surface area contributed by atoms with Crippen LogP contribution in [0.15, 0.2) is 11.8 Å². The lowest BCUT2D eigenvalue weighted by atomic mass is 9.88. The van der Waals surface area contributed by atoms with E-state index in [2.05, 4.69) is 30.1 Å². The highest BCUT2D eigenvalue weighted by Crippen LogP contribution is 2.57. The standard InChI is InChI=1S/C10H18N3O2P/c1-10(2,3)7-6-15-9-8-12(4-5-14-8)16(11)13(7)9/h7H,4-6,11H2,1-3H3. The Morgan fingerprint density at radius 2 is 2.06 bits per heavy atom. The maximum Gasteiger partial charge on any atom is 0.258 e. The third-order valence-corrected chi connectivity index (χ3v) is 5.09. The molecule has 0 spiro atoms. The highest BCUT2D eigenvalue weighted by molar-refractivity contribution is 7.50. The van der Waals surface area contributed by atoms with Crippen LogP contribution in [0.1, 0.15) is 20.8 Å². The first-order valence-corrected chi connectivity index (χ1v) is 6.93. The van der Waals surface area contributed by atoms with Crippen molar-refractivity contribution in [3.8, 4) is 0 Å². The molecule has 3 rings (SSSR count). The molecule has 0 aromatic rings. The minimum Gasteiger partial charge on any atom is -0.473 e. The van der Waals surface area contributed by atoms with Crippen LogP contribution in [-0.2, 0) is 9.47 Å². The summed E-state index contributed by atoms with van der Waals surface area (Å²) >= 11 is 0. The van der Waals surface area contributed by atoms with Gasteiger partial charge < -0.3 is 9.47 Å². The molecule has 5 nitrogen and oxygen atoms in total. The third-order valence-electron chi connectivity index (χ3n) is 3.31. The minimum atomic E-state index is -0.807. The number of nitrogens with two attached hydrogens (primary N) is 1. The highest BCUT2D eigenvalue weighted by atomic mass is 31.1. The molecular weight excluding hydrogens is 225 g/mol. The summed E-state index contributed by atoms with van der Waals surface area (Å²) in [5, 5.41) is 0. The first-order valence-electron chi connectivity index (χ1n) is 5.61. The Balaban J connectivity index is 1.96. The SMILES string of the molecule is CC(C)(C)C1COC2=C3OCCN3P(N)N21. The second-order valence-corrected chi connectivity index (χ2v) is 6.99. The quantitative estimate of drug-likeness (QED) is 0.651. The number of hydrogen-bond acceptors (Lipinski definition) is 5. The van der Waals surface area contributed by atoms with Crippen LogP contribution in [0.2, 0.25) is 0 Å². The molecule has 0 aromatic carbocycles. The Labute approximate surface area is 97.1 Å². The van der Waals surface area contributed by atoms with Gasteiger partial charge in [0.2, 0.25) is 0 Å². The second-order valence-electron chi connectivity index (χ2n) is 5.44. The lowest BCUT2D eigenvalue weighted by molar-refractivity contribution is 0.182. The zero-order valence-corrected chi connectivity index (χ0v) is 10.8. The van der Waals surface area contributed by atoms with E-state index in [1.165, 1.54) is 0 Å². The van der Waals surface area contributed by atoms with Gasteiger partial charge in [0.15, 0.2) is 8.37 Å². The fraction of sp³-hybridized carbons (Fsp3) is 0.800. The van der Waals surface area contributed by atoms with E-state index in [0.29, 0.717) is 6.04 Å². The van der Waals surface area contributed by atoms with Crippen LogP contribution in [0.5, 0.6) is 0 Å². The number of rotatable bonds is 0. The van der Waals surface area contributed by atoms with Crippen molar-refractivity contribution in [2.45, 2.75) is 26.8 Å². The van der Waals surface area contributed by atoms with Crippen LogP contribution in [-0.4, -0.2) is 35.1 Å². The molecule has 16 heavy (non-hydrogen) atoms. The number of fused-ring (bicyclic) bond motifs is 2. The van der Waals surface area contributed by atoms with Gasteiger partial charge in [-0.15, -0.1) is 0 Å². The van der Waals surface area contributed by atoms with Gasteiger partial charge in [0.25, 0.3) is 11.8 Å². The molecule has 3 heterocycles. The summed E-state index contributed by atoms with van der Waals surface area (Å²) in [6.45, 7) is 9.01. The lowest BCUT2D eigenvalue weighted by Gasteiger charge is -2.35. The third kappa shape index (κ3) is 1.25. The fourth-order valence-corrected chi connectivity index (χ4v) is 4.21. The van der Waals surface area contributed by atoms with Crippen molar-refractivity contribution >= 4 is 8.37 Å². The zero-order chi connectivity index (χ0) is 11.5. The summed E-state index contributed by atoms with van der Waals surface area (Å²) in [6.07, 6.45) is 0. The Hall–Kier alpha value is -0.670. The van der Waals surface area contributed by atoms with Gasteiger partial charge in [0.1, 0.15) is 13.2 Å². The molecule has 2 atom stereocenters. The largest absolute Gasteiger partial charge is 0.473 e. The Morgan fingerprint density at radius 1 is 1.31 bits per heavy atom. The zero-order valence-electron chi connectivity index (χ0n) is 9.93. The summed E-state index contributed by atoms with van der Waals surface area (Å²) in [6, 6.07) is 0.348. The van der Waals surface area contributed by atoms with Crippen LogP contribution < -0.4 is 5.50 Å². The van der Waals surface area contributed by atoms with E-state index in [0.717, 1.165) is 31.5 Å². The molecule has 2 saturated heterocycles. The second kappa shape index (κ2) is 3.17. The number of ether oxygens (including phenoxy) is 2. The van der Waals surface area contributed by atoms with Gasteiger partial charge in [-0.3, -0.25) is 14.8 Å². The Bertz CT molecular complexity index is 352. The van der Waals surface area contributed by atoms with E-state index in [-0.39, 0.29) is 5.41 Å². The van der Waals surface area contributed by atoms with E-state index in [9.17, 15) is 0 Å². The van der Waals surface area contributed by atoms with E-state index >= 15 is 0 Å². The maximum atomic E-state index is 6.31. The maximum absolute atomic E-state index is 6.31. The average Bonchev–Trinajstić information content (AvgIpc) is 2.83. The number of nitrogens with zero attached hydrogens (tertiary/aromatic N) is 2. The van der Waals surface area contributed by atoms with Crippen LogP contribution in [0.4, 0.5) is 0 Å². The molecule has 0 radical (unpaired) electrons. The van der Waals surface area contributed by atoms with Crippen molar-refractivity contribution in [3.63, 3.8) is 0 Å². The van der Waals surface area contributed by atoms with E-state index in [1.807, 2.05) is 0 Å². The predicted molar refractivity (Wildman–Crippen MR) is 61.8 cm³/mol. The minimum absolute atomic E-state index is 0.169. The van der Waals surface area contributed by atoms with Gasteiger partial charge in [0, 0.05) is 0 Å². The molecule has 2 fully saturated rings. The molecule has 6 heteroatoms. The smallest absolute Gasteiger partial charge is 0.258 e. The predicted octanol–water partition coefficient (Wildman–Crippen LogP) is 1.39. The van der Waals surface area contributed by atoms with Gasteiger partial charge in [-0.25, -0.2) is 0 Å².